The quantitative estimate of drug-likeness (QED) is 0.734. The summed E-state index contributed by atoms with van der Waals surface area (Å²) in [4.78, 5) is 27.9. The van der Waals surface area contributed by atoms with Crippen molar-refractivity contribution in [1.29, 1.82) is 0 Å². The Bertz CT molecular complexity index is 914. The Morgan fingerprint density at radius 3 is 1.47 bits per heavy atom. The van der Waals surface area contributed by atoms with E-state index in [-0.39, 0.29) is 24.1 Å². The first-order valence-corrected chi connectivity index (χ1v) is 9.93. The molecule has 8 nitrogen and oxygen atoms in total. The minimum Gasteiger partial charge on any atom is -0.495 e. The maximum absolute atomic E-state index is 12.2. The molecule has 2 N–H and O–H groups in total. The van der Waals surface area contributed by atoms with Gasteiger partial charge in [0.25, 0.3) is 0 Å². The van der Waals surface area contributed by atoms with Crippen LogP contribution < -0.4 is 20.1 Å². The van der Waals surface area contributed by atoms with Crippen molar-refractivity contribution in [3.05, 3.63) is 36.4 Å². The average Bonchev–Trinajstić information content (AvgIpc) is 3.66. The van der Waals surface area contributed by atoms with E-state index in [2.05, 4.69) is 10.6 Å². The molecule has 158 valence electrons. The predicted molar refractivity (Wildman–Crippen MR) is 115 cm³/mol. The van der Waals surface area contributed by atoms with Gasteiger partial charge in [-0.25, -0.2) is 9.59 Å². The number of amides is 4. The largest absolute Gasteiger partial charge is 0.495 e. The number of nitrogens with one attached hydrogen (secondary N) is 2. The van der Waals surface area contributed by atoms with Crippen LogP contribution in [0, 0.1) is 0 Å². The summed E-state index contributed by atoms with van der Waals surface area (Å²) in [6, 6.07) is 11.5. The van der Waals surface area contributed by atoms with Crippen molar-refractivity contribution in [3.63, 3.8) is 0 Å². The number of methoxy groups -OCH3 is 2. The van der Waals surface area contributed by atoms with Crippen molar-refractivity contribution >= 4 is 23.4 Å². The van der Waals surface area contributed by atoms with E-state index in [1.807, 2.05) is 50.2 Å². The molecule has 0 aliphatic carbocycles. The fourth-order valence-corrected chi connectivity index (χ4v) is 3.36. The van der Waals surface area contributed by atoms with Crippen molar-refractivity contribution < 1.29 is 19.1 Å². The fraction of sp³-hybridized carbons (Fsp3) is 0.364. The predicted octanol–water partition coefficient (Wildman–Crippen LogP) is 3.84. The zero-order valence-corrected chi connectivity index (χ0v) is 17.6. The lowest BCUT2D eigenvalue weighted by Gasteiger charge is -2.15. The van der Waals surface area contributed by atoms with Gasteiger partial charge >= 0.3 is 12.1 Å². The number of ether oxygens (including phenoxy) is 2. The van der Waals surface area contributed by atoms with Gasteiger partial charge in [0.15, 0.2) is 0 Å². The van der Waals surface area contributed by atoms with Gasteiger partial charge in [-0.05, 0) is 49.2 Å². The fourth-order valence-electron chi connectivity index (χ4n) is 3.36. The van der Waals surface area contributed by atoms with Crippen LogP contribution in [0.4, 0.5) is 21.0 Å². The summed E-state index contributed by atoms with van der Waals surface area (Å²) in [7, 11) is 3.14. The number of carbonyl (C=O) groups is 2. The molecule has 8 heteroatoms. The molecule has 2 aliphatic heterocycles. The van der Waals surface area contributed by atoms with Crippen LogP contribution in [0.1, 0.15) is 13.8 Å². The second kappa shape index (κ2) is 7.78. The third-order valence-electron chi connectivity index (χ3n) is 5.46. The van der Waals surface area contributed by atoms with Crippen molar-refractivity contribution in [2.24, 2.45) is 0 Å². The SMILES string of the molecule is COc1cc(-c2ccc(NC(=O)N3CC3C)c(OC)c2)ccc1NC(=O)N1CC1C. The highest BCUT2D eigenvalue weighted by atomic mass is 16.5. The van der Waals surface area contributed by atoms with Gasteiger partial charge in [0, 0.05) is 25.2 Å². The second-order valence-electron chi connectivity index (χ2n) is 7.69. The first-order valence-electron chi connectivity index (χ1n) is 9.93. The molecular weight excluding hydrogens is 384 g/mol. The molecule has 30 heavy (non-hydrogen) atoms. The number of carbonyl (C=O) groups excluding carboxylic acids is 2. The Labute approximate surface area is 175 Å². The Kier molecular flexibility index (Phi) is 5.15. The lowest BCUT2D eigenvalue weighted by Crippen LogP contribution is -2.20. The van der Waals surface area contributed by atoms with Crippen LogP contribution in [-0.2, 0) is 0 Å². The smallest absolute Gasteiger partial charge is 0.322 e. The molecule has 2 saturated heterocycles. The molecule has 0 aromatic heterocycles. The zero-order chi connectivity index (χ0) is 21.4. The van der Waals surface area contributed by atoms with Crippen molar-refractivity contribution in [3.8, 4) is 22.6 Å². The number of anilines is 2. The second-order valence-corrected chi connectivity index (χ2v) is 7.69. The lowest BCUT2D eigenvalue weighted by atomic mass is 10.0. The van der Waals surface area contributed by atoms with E-state index in [0.717, 1.165) is 24.2 Å². The number of hydrogen-bond acceptors (Lipinski definition) is 4. The Hall–Kier alpha value is -3.42. The molecule has 2 aromatic carbocycles. The van der Waals surface area contributed by atoms with Gasteiger partial charge < -0.3 is 29.9 Å². The highest BCUT2D eigenvalue weighted by molar-refractivity contribution is 5.94. The topological polar surface area (TPSA) is 82.7 Å². The summed E-state index contributed by atoms with van der Waals surface area (Å²) in [5.74, 6) is 1.14. The highest BCUT2D eigenvalue weighted by Gasteiger charge is 2.35. The standard InChI is InChI=1S/C22H26N4O4/c1-13-11-25(13)21(27)23-17-7-5-15(9-19(17)29-3)16-6-8-18(20(10-16)30-4)24-22(28)26-12-14(26)2/h5-10,13-14H,11-12H2,1-4H3,(H,23,27)(H,24,28). The van der Waals surface area contributed by atoms with Crippen LogP contribution in [0.2, 0.25) is 0 Å². The molecule has 0 saturated carbocycles. The number of rotatable bonds is 5. The molecule has 0 spiro atoms. The van der Waals surface area contributed by atoms with Crippen molar-refractivity contribution in [1.82, 2.24) is 9.80 Å². The van der Waals surface area contributed by atoms with Gasteiger partial charge in [0.05, 0.1) is 25.6 Å². The van der Waals surface area contributed by atoms with E-state index in [0.29, 0.717) is 22.9 Å². The van der Waals surface area contributed by atoms with Crippen molar-refractivity contribution in [2.75, 3.05) is 37.9 Å². The zero-order valence-electron chi connectivity index (χ0n) is 17.6. The summed E-state index contributed by atoms with van der Waals surface area (Å²) in [5.41, 5.74) is 3.05. The highest BCUT2D eigenvalue weighted by Crippen LogP contribution is 2.35. The van der Waals surface area contributed by atoms with E-state index in [1.165, 1.54) is 0 Å². The van der Waals surface area contributed by atoms with Gasteiger partial charge in [-0.3, -0.25) is 0 Å². The van der Waals surface area contributed by atoms with E-state index in [4.69, 9.17) is 9.47 Å². The molecule has 4 amide bonds. The number of nitrogens with zero attached hydrogens (tertiary/aromatic N) is 2. The van der Waals surface area contributed by atoms with Gasteiger partial charge in [-0.1, -0.05) is 12.1 Å². The summed E-state index contributed by atoms with van der Waals surface area (Å²) >= 11 is 0. The molecular formula is C22H26N4O4. The molecule has 0 bridgehead atoms. The molecule has 4 rings (SSSR count). The molecule has 2 fully saturated rings. The van der Waals surface area contributed by atoms with Crippen LogP contribution in [0.3, 0.4) is 0 Å². The Morgan fingerprint density at radius 1 is 0.800 bits per heavy atom. The Morgan fingerprint density at radius 2 is 1.17 bits per heavy atom. The first kappa shape index (κ1) is 19.9. The van der Waals surface area contributed by atoms with Gasteiger partial charge in [0.2, 0.25) is 0 Å². The van der Waals surface area contributed by atoms with Gasteiger partial charge in [0.1, 0.15) is 11.5 Å². The van der Waals surface area contributed by atoms with Crippen LogP contribution in [0.15, 0.2) is 36.4 Å². The van der Waals surface area contributed by atoms with Crippen LogP contribution in [0.25, 0.3) is 11.1 Å². The monoisotopic (exact) mass is 410 g/mol. The maximum Gasteiger partial charge on any atom is 0.322 e. The number of hydrogen-bond donors (Lipinski definition) is 2. The first-order chi connectivity index (χ1) is 14.4. The average molecular weight is 410 g/mol. The van der Waals surface area contributed by atoms with E-state index in [1.54, 1.807) is 24.0 Å². The van der Waals surface area contributed by atoms with Gasteiger partial charge in [-0.15, -0.1) is 0 Å². The summed E-state index contributed by atoms with van der Waals surface area (Å²) in [5, 5.41) is 5.78. The molecule has 2 unspecified atom stereocenters. The third kappa shape index (κ3) is 3.98. The lowest BCUT2D eigenvalue weighted by molar-refractivity contribution is 0.239. The van der Waals surface area contributed by atoms with Crippen molar-refractivity contribution in [2.45, 2.75) is 25.9 Å². The molecule has 2 aromatic rings. The molecule has 2 atom stereocenters. The number of benzene rings is 2. The van der Waals surface area contributed by atoms with Crippen LogP contribution in [-0.4, -0.2) is 61.3 Å². The summed E-state index contributed by atoms with van der Waals surface area (Å²) in [6.45, 7) is 5.54. The van der Waals surface area contributed by atoms with E-state index < -0.39 is 0 Å². The van der Waals surface area contributed by atoms with Crippen LogP contribution in [0.5, 0.6) is 11.5 Å². The summed E-state index contributed by atoms with van der Waals surface area (Å²) in [6.07, 6.45) is 0. The minimum atomic E-state index is -0.129. The Balaban J connectivity index is 1.54. The molecule has 2 heterocycles. The minimum absolute atomic E-state index is 0.129. The molecule has 0 radical (unpaired) electrons. The number of urea groups is 2. The summed E-state index contributed by atoms with van der Waals surface area (Å²) < 4.78 is 11.0. The third-order valence-corrected chi connectivity index (χ3v) is 5.46. The maximum atomic E-state index is 12.2. The van der Waals surface area contributed by atoms with E-state index >= 15 is 0 Å². The molecule has 2 aliphatic rings. The normalized spacial score (nSPS) is 19.2. The van der Waals surface area contributed by atoms with E-state index in [9.17, 15) is 9.59 Å². The van der Waals surface area contributed by atoms with Crippen LogP contribution >= 0.6 is 0 Å². The van der Waals surface area contributed by atoms with Gasteiger partial charge in [-0.2, -0.15) is 0 Å².